The molecule has 0 aliphatic carbocycles. The molecule has 1 aromatic rings. The molecule has 1 saturated heterocycles. The summed E-state index contributed by atoms with van der Waals surface area (Å²) >= 11 is 0. The molecule has 1 N–H and O–H groups in total. The molecule has 6 nitrogen and oxygen atoms in total. The first kappa shape index (κ1) is 17.1. The van der Waals surface area contributed by atoms with Gasteiger partial charge in [-0.25, -0.2) is 4.98 Å². The highest BCUT2D eigenvalue weighted by Gasteiger charge is 2.31. The molecule has 2 heterocycles. The average molecular weight is 309 g/mol. The smallest absolute Gasteiger partial charge is 0.128 e. The molecule has 2 atom stereocenters. The SMILES string of the molecule is COCCN(C)c1ccc(CN2C[C@H](OC)C[C@H]2CO)cn1. The minimum absolute atomic E-state index is 0.172. The van der Waals surface area contributed by atoms with Crippen molar-refractivity contribution in [1.29, 1.82) is 0 Å². The monoisotopic (exact) mass is 309 g/mol. The van der Waals surface area contributed by atoms with Crippen molar-refractivity contribution in [2.45, 2.75) is 25.1 Å². The van der Waals surface area contributed by atoms with E-state index in [9.17, 15) is 5.11 Å². The van der Waals surface area contributed by atoms with E-state index in [-0.39, 0.29) is 18.8 Å². The second kappa shape index (κ2) is 8.43. The number of anilines is 1. The Hall–Kier alpha value is -1.21. The molecule has 22 heavy (non-hydrogen) atoms. The fraction of sp³-hybridized carbons (Fsp3) is 0.688. The van der Waals surface area contributed by atoms with Gasteiger partial charge in [-0.3, -0.25) is 4.90 Å². The fourth-order valence-electron chi connectivity index (χ4n) is 2.81. The van der Waals surface area contributed by atoms with Crippen molar-refractivity contribution < 1.29 is 14.6 Å². The number of ether oxygens (including phenoxy) is 2. The van der Waals surface area contributed by atoms with Crippen LogP contribution in [0.15, 0.2) is 18.3 Å². The van der Waals surface area contributed by atoms with Crippen LogP contribution in [0.3, 0.4) is 0 Å². The third kappa shape index (κ3) is 4.39. The molecule has 0 unspecified atom stereocenters. The number of pyridine rings is 1. The van der Waals surface area contributed by atoms with E-state index in [1.54, 1.807) is 14.2 Å². The summed E-state index contributed by atoms with van der Waals surface area (Å²) in [5, 5.41) is 9.50. The Kier molecular flexibility index (Phi) is 6.57. The molecule has 6 heteroatoms. The van der Waals surface area contributed by atoms with Crippen molar-refractivity contribution >= 4 is 5.82 Å². The molecular weight excluding hydrogens is 282 g/mol. The molecule has 0 saturated carbocycles. The Morgan fingerprint density at radius 1 is 1.41 bits per heavy atom. The van der Waals surface area contributed by atoms with Crippen LogP contribution in [0, 0.1) is 0 Å². The van der Waals surface area contributed by atoms with Crippen LogP contribution in [-0.2, 0) is 16.0 Å². The van der Waals surface area contributed by atoms with E-state index in [4.69, 9.17) is 9.47 Å². The standard InChI is InChI=1S/C16H27N3O3/c1-18(6-7-21-2)16-5-4-13(9-17-16)10-19-11-15(22-3)8-14(19)12-20/h4-5,9,14-15,20H,6-8,10-12H2,1-3H3/t14-,15+/m0/s1. The summed E-state index contributed by atoms with van der Waals surface area (Å²) in [4.78, 5) is 8.85. The van der Waals surface area contributed by atoms with Gasteiger partial charge in [0.1, 0.15) is 5.82 Å². The van der Waals surface area contributed by atoms with Crippen molar-refractivity contribution in [1.82, 2.24) is 9.88 Å². The number of aromatic nitrogens is 1. The summed E-state index contributed by atoms with van der Waals surface area (Å²) in [5.74, 6) is 0.940. The third-order valence-corrected chi connectivity index (χ3v) is 4.25. The number of nitrogens with zero attached hydrogens (tertiary/aromatic N) is 3. The van der Waals surface area contributed by atoms with E-state index in [2.05, 4.69) is 20.9 Å². The van der Waals surface area contributed by atoms with Crippen molar-refractivity contribution in [3.8, 4) is 0 Å². The number of hydrogen-bond donors (Lipinski definition) is 1. The summed E-state index contributed by atoms with van der Waals surface area (Å²) in [7, 11) is 5.44. The second-order valence-corrected chi connectivity index (χ2v) is 5.80. The Balaban J connectivity index is 1.93. The molecule has 0 aromatic carbocycles. The lowest BCUT2D eigenvalue weighted by molar-refractivity contribution is 0.107. The van der Waals surface area contributed by atoms with Gasteiger partial charge in [0.05, 0.1) is 19.3 Å². The molecule has 0 bridgehead atoms. The minimum atomic E-state index is 0.172. The third-order valence-electron chi connectivity index (χ3n) is 4.25. The van der Waals surface area contributed by atoms with Crippen molar-refractivity contribution in [2.75, 3.05) is 52.5 Å². The molecule has 0 spiro atoms. The lowest BCUT2D eigenvalue weighted by atomic mass is 10.2. The number of aliphatic hydroxyl groups is 1. The number of hydrogen-bond acceptors (Lipinski definition) is 6. The highest BCUT2D eigenvalue weighted by Crippen LogP contribution is 2.22. The Morgan fingerprint density at radius 2 is 2.23 bits per heavy atom. The molecular formula is C16H27N3O3. The number of likely N-dealkylation sites (tertiary alicyclic amines) is 1. The molecule has 2 rings (SSSR count). The predicted octanol–water partition coefficient (Wildman–Crippen LogP) is 0.746. The number of likely N-dealkylation sites (N-methyl/N-ethyl adjacent to an activating group) is 1. The molecule has 0 amide bonds. The summed E-state index contributed by atoms with van der Waals surface area (Å²) < 4.78 is 10.5. The average Bonchev–Trinajstić information content (AvgIpc) is 2.95. The first-order chi connectivity index (χ1) is 10.7. The topological polar surface area (TPSA) is 58.1 Å². The molecule has 1 aliphatic heterocycles. The first-order valence-electron chi connectivity index (χ1n) is 7.70. The summed E-state index contributed by atoms with van der Waals surface area (Å²) in [5.41, 5.74) is 1.15. The highest BCUT2D eigenvalue weighted by atomic mass is 16.5. The summed E-state index contributed by atoms with van der Waals surface area (Å²) in [6.45, 7) is 3.32. The largest absolute Gasteiger partial charge is 0.395 e. The maximum Gasteiger partial charge on any atom is 0.128 e. The van der Waals surface area contributed by atoms with Crippen molar-refractivity contribution in [3.05, 3.63) is 23.9 Å². The molecule has 1 aliphatic rings. The highest BCUT2D eigenvalue weighted by molar-refractivity contribution is 5.38. The molecule has 1 aromatic heterocycles. The van der Waals surface area contributed by atoms with Crippen LogP contribution in [-0.4, -0.2) is 74.7 Å². The number of rotatable bonds is 8. The summed E-state index contributed by atoms with van der Waals surface area (Å²) in [6.07, 6.45) is 3.01. The molecule has 1 fully saturated rings. The second-order valence-electron chi connectivity index (χ2n) is 5.80. The Labute approximate surface area is 132 Å². The van der Waals surface area contributed by atoms with Crippen LogP contribution < -0.4 is 4.90 Å². The normalized spacial score (nSPS) is 22.2. The number of aliphatic hydroxyl groups excluding tert-OH is 1. The van der Waals surface area contributed by atoms with Gasteiger partial charge >= 0.3 is 0 Å². The van der Waals surface area contributed by atoms with Crippen LogP contribution in [0.25, 0.3) is 0 Å². The van der Waals surface area contributed by atoms with Crippen LogP contribution >= 0.6 is 0 Å². The van der Waals surface area contributed by atoms with Gasteiger partial charge in [0.15, 0.2) is 0 Å². The van der Waals surface area contributed by atoms with Gasteiger partial charge in [0.25, 0.3) is 0 Å². The maximum absolute atomic E-state index is 9.50. The molecule has 124 valence electrons. The Bertz CT molecular complexity index is 441. The van der Waals surface area contributed by atoms with Gasteiger partial charge in [-0.05, 0) is 18.1 Å². The maximum atomic E-state index is 9.50. The van der Waals surface area contributed by atoms with E-state index in [0.717, 1.165) is 37.4 Å². The van der Waals surface area contributed by atoms with Crippen molar-refractivity contribution in [2.24, 2.45) is 0 Å². The van der Waals surface area contributed by atoms with Crippen LogP contribution in [0.1, 0.15) is 12.0 Å². The van der Waals surface area contributed by atoms with Gasteiger partial charge in [-0.2, -0.15) is 0 Å². The van der Waals surface area contributed by atoms with Gasteiger partial charge in [0, 0.05) is 53.1 Å². The van der Waals surface area contributed by atoms with E-state index in [1.807, 2.05) is 19.3 Å². The van der Waals surface area contributed by atoms with Gasteiger partial charge in [-0.15, -0.1) is 0 Å². The van der Waals surface area contributed by atoms with Crippen LogP contribution in [0.4, 0.5) is 5.82 Å². The lowest BCUT2D eigenvalue weighted by Gasteiger charge is -2.23. The zero-order chi connectivity index (χ0) is 15.9. The van der Waals surface area contributed by atoms with E-state index in [1.165, 1.54) is 0 Å². The zero-order valence-electron chi connectivity index (χ0n) is 13.7. The van der Waals surface area contributed by atoms with Gasteiger partial charge < -0.3 is 19.5 Å². The molecule has 0 radical (unpaired) electrons. The fourth-order valence-corrected chi connectivity index (χ4v) is 2.81. The van der Waals surface area contributed by atoms with E-state index in [0.29, 0.717) is 6.61 Å². The first-order valence-corrected chi connectivity index (χ1v) is 7.70. The minimum Gasteiger partial charge on any atom is -0.395 e. The van der Waals surface area contributed by atoms with Crippen LogP contribution in [0.2, 0.25) is 0 Å². The van der Waals surface area contributed by atoms with Gasteiger partial charge in [-0.1, -0.05) is 6.07 Å². The summed E-state index contributed by atoms with van der Waals surface area (Å²) in [6, 6.07) is 4.30. The predicted molar refractivity (Wildman–Crippen MR) is 86.1 cm³/mol. The van der Waals surface area contributed by atoms with E-state index < -0.39 is 0 Å². The van der Waals surface area contributed by atoms with Crippen LogP contribution in [0.5, 0.6) is 0 Å². The van der Waals surface area contributed by atoms with Crippen molar-refractivity contribution in [3.63, 3.8) is 0 Å². The Morgan fingerprint density at radius 3 is 2.82 bits per heavy atom. The number of methoxy groups -OCH3 is 2. The zero-order valence-corrected chi connectivity index (χ0v) is 13.7. The van der Waals surface area contributed by atoms with Gasteiger partial charge in [0.2, 0.25) is 0 Å². The lowest BCUT2D eigenvalue weighted by Crippen LogP contribution is -2.32. The van der Waals surface area contributed by atoms with E-state index >= 15 is 0 Å². The quantitative estimate of drug-likeness (QED) is 0.764.